The van der Waals surface area contributed by atoms with Crippen molar-refractivity contribution < 1.29 is 17.2 Å². The molecule has 31 heavy (non-hydrogen) atoms. The Kier molecular flexibility index (Phi) is 5.81. The first-order valence-electron chi connectivity index (χ1n) is 10.1. The van der Waals surface area contributed by atoms with E-state index in [0.29, 0.717) is 23.0 Å². The number of sulfonamides is 1. The minimum Gasteiger partial charge on any atom is -0.344 e. The fourth-order valence-electron chi connectivity index (χ4n) is 3.67. The molecule has 1 aliphatic carbocycles. The standard InChI is InChI=1S/C21H23F2N5O2S/c1-13-2-5-17-18(9-24)20(28(19(17)6-13)12-14-3-4-14)21-25-10-16(11-26-21)31(29,30)27-15(7-22)8-23/h2,5-6,10,14-15,27H,3-4,7-8,11-12H2,1H3,(H,25,26). The number of aromatic nitrogens is 1. The molecular weight excluding hydrogens is 424 g/mol. The van der Waals surface area contributed by atoms with E-state index in [-0.39, 0.29) is 11.4 Å². The van der Waals surface area contributed by atoms with Crippen LogP contribution in [0.25, 0.3) is 10.9 Å². The maximum Gasteiger partial charge on any atom is 0.240 e. The smallest absolute Gasteiger partial charge is 0.240 e. The van der Waals surface area contributed by atoms with Gasteiger partial charge < -0.3 is 9.88 Å². The van der Waals surface area contributed by atoms with Gasteiger partial charge in [0.2, 0.25) is 10.0 Å². The number of hydrogen-bond donors (Lipinski definition) is 2. The Balaban J connectivity index is 1.70. The van der Waals surface area contributed by atoms with Crippen molar-refractivity contribution >= 4 is 26.8 Å². The summed E-state index contributed by atoms with van der Waals surface area (Å²) in [5.74, 6) is 0.942. The molecule has 0 unspecified atom stereocenters. The van der Waals surface area contributed by atoms with E-state index in [4.69, 9.17) is 0 Å². The van der Waals surface area contributed by atoms with E-state index in [1.807, 2.05) is 29.8 Å². The normalized spacial score (nSPS) is 16.7. The van der Waals surface area contributed by atoms with Gasteiger partial charge in [0.15, 0.2) is 5.84 Å². The topological polar surface area (TPSA) is 99.3 Å². The molecule has 1 saturated carbocycles. The molecule has 10 heteroatoms. The largest absolute Gasteiger partial charge is 0.344 e. The van der Waals surface area contributed by atoms with Gasteiger partial charge in [0, 0.05) is 18.1 Å². The third-order valence-corrected chi connectivity index (χ3v) is 7.08. The summed E-state index contributed by atoms with van der Waals surface area (Å²) in [6, 6.07) is 6.76. The maximum absolute atomic E-state index is 12.7. The minimum atomic E-state index is -4.09. The van der Waals surface area contributed by atoms with Crippen molar-refractivity contribution in [3.8, 4) is 6.07 Å². The van der Waals surface area contributed by atoms with Crippen molar-refractivity contribution in [2.45, 2.75) is 32.4 Å². The average molecular weight is 448 g/mol. The molecule has 1 aliphatic heterocycles. The van der Waals surface area contributed by atoms with Crippen LogP contribution in [-0.2, 0) is 16.6 Å². The Morgan fingerprint density at radius 3 is 2.68 bits per heavy atom. The lowest BCUT2D eigenvalue weighted by Gasteiger charge is -2.19. The highest BCUT2D eigenvalue weighted by Gasteiger charge is 2.30. The molecule has 2 aromatic rings. The van der Waals surface area contributed by atoms with E-state index in [9.17, 15) is 22.5 Å². The van der Waals surface area contributed by atoms with Gasteiger partial charge in [-0.15, -0.1) is 0 Å². The second kappa shape index (κ2) is 8.40. The van der Waals surface area contributed by atoms with Gasteiger partial charge in [-0.25, -0.2) is 21.9 Å². The van der Waals surface area contributed by atoms with Gasteiger partial charge in [0.1, 0.15) is 25.1 Å². The first-order valence-corrected chi connectivity index (χ1v) is 11.5. The molecule has 0 radical (unpaired) electrons. The van der Waals surface area contributed by atoms with E-state index in [0.717, 1.165) is 35.9 Å². The summed E-state index contributed by atoms with van der Waals surface area (Å²) in [5.41, 5.74) is 3.13. The van der Waals surface area contributed by atoms with E-state index in [2.05, 4.69) is 20.9 Å². The quantitative estimate of drug-likeness (QED) is 0.650. The van der Waals surface area contributed by atoms with Crippen molar-refractivity contribution in [3.05, 3.63) is 46.1 Å². The summed E-state index contributed by atoms with van der Waals surface area (Å²) < 4.78 is 54.4. The Hall–Kier alpha value is -2.77. The molecule has 2 N–H and O–H groups in total. The van der Waals surface area contributed by atoms with Gasteiger partial charge >= 0.3 is 0 Å². The third kappa shape index (κ3) is 4.20. The molecule has 2 heterocycles. The number of fused-ring (bicyclic) bond motifs is 1. The molecule has 1 fully saturated rings. The number of amidine groups is 1. The fourth-order valence-corrected chi connectivity index (χ4v) is 4.83. The monoisotopic (exact) mass is 447 g/mol. The van der Waals surface area contributed by atoms with Gasteiger partial charge in [0.25, 0.3) is 0 Å². The van der Waals surface area contributed by atoms with Crippen LogP contribution in [-0.4, -0.2) is 44.8 Å². The molecule has 0 atom stereocenters. The highest BCUT2D eigenvalue weighted by molar-refractivity contribution is 7.93. The second-order valence-corrected chi connectivity index (χ2v) is 9.72. The van der Waals surface area contributed by atoms with Crippen LogP contribution in [0, 0.1) is 24.2 Å². The number of nitrogens with zero attached hydrogens (tertiary/aromatic N) is 3. The molecule has 4 rings (SSSR count). The van der Waals surface area contributed by atoms with Gasteiger partial charge in [-0.3, -0.25) is 4.99 Å². The number of halogens is 2. The van der Waals surface area contributed by atoms with Crippen LogP contribution in [0.2, 0.25) is 0 Å². The maximum atomic E-state index is 12.7. The Labute approximate surface area is 179 Å². The highest BCUT2D eigenvalue weighted by atomic mass is 32.2. The number of benzene rings is 1. The zero-order valence-electron chi connectivity index (χ0n) is 17.0. The fraction of sp³-hybridized carbons (Fsp3) is 0.429. The first-order chi connectivity index (χ1) is 14.9. The summed E-state index contributed by atoms with van der Waals surface area (Å²) in [4.78, 5) is 4.26. The zero-order chi connectivity index (χ0) is 22.2. The molecule has 1 aromatic carbocycles. The Morgan fingerprint density at radius 1 is 1.35 bits per heavy atom. The Bertz CT molecular complexity index is 1220. The summed E-state index contributed by atoms with van der Waals surface area (Å²) in [6.45, 7) is 0.264. The SMILES string of the molecule is Cc1ccc2c(C#N)c(C3=NCC(S(=O)(=O)NC(CF)CF)=CN3)n(CC3CC3)c2c1. The first kappa shape index (κ1) is 21.5. The zero-order valence-corrected chi connectivity index (χ0v) is 17.8. The molecule has 2 aliphatic rings. The van der Waals surface area contributed by atoms with Crippen LogP contribution in [0.4, 0.5) is 8.78 Å². The summed E-state index contributed by atoms with van der Waals surface area (Å²) in [6.07, 6.45) is 3.53. The van der Waals surface area contributed by atoms with Gasteiger partial charge in [-0.05, 0) is 37.3 Å². The lowest BCUT2D eigenvalue weighted by molar-refractivity contribution is 0.335. The average Bonchev–Trinajstić information content (AvgIpc) is 3.54. The van der Waals surface area contributed by atoms with Gasteiger partial charge in [-0.1, -0.05) is 12.1 Å². The number of aryl methyl sites for hydroxylation is 1. The number of alkyl halides is 2. The summed E-state index contributed by atoms with van der Waals surface area (Å²) >= 11 is 0. The van der Waals surface area contributed by atoms with Crippen LogP contribution in [0.5, 0.6) is 0 Å². The minimum absolute atomic E-state index is 0.123. The number of nitriles is 1. The molecule has 0 amide bonds. The number of hydrogen-bond acceptors (Lipinski definition) is 5. The molecule has 7 nitrogen and oxygen atoms in total. The molecule has 0 bridgehead atoms. The molecular formula is C21H23F2N5O2S. The van der Waals surface area contributed by atoms with Crippen molar-refractivity contribution in [1.29, 1.82) is 5.26 Å². The third-order valence-electron chi connectivity index (χ3n) is 5.50. The number of aliphatic imine (C=N–C) groups is 1. The van der Waals surface area contributed by atoms with E-state index < -0.39 is 29.4 Å². The van der Waals surface area contributed by atoms with Crippen molar-refractivity contribution in [3.63, 3.8) is 0 Å². The number of nitrogens with one attached hydrogen (secondary N) is 2. The van der Waals surface area contributed by atoms with Gasteiger partial charge in [-0.2, -0.15) is 5.26 Å². The van der Waals surface area contributed by atoms with Crippen LogP contribution in [0.1, 0.15) is 29.7 Å². The van der Waals surface area contributed by atoms with E-state index >= 15 is 0 Å². The van der Waals surface area contributed by atoms with Crippen LogP contribution in [0.3, 0.4) is 0 Å². The summed E-state index contributed by atoms with van der Waals surface area (Å²) in [5, 5.41) is 13.6. The van der Waals surface area contributed by atoms with Crippen molar-refractivity contribution in [2.75, 3.05) is 19.9 Å². The van der Waals surface area contributed by atoms with Crippen LogP contribution >= 0.6 is 0 Å². The van der Waals surface area contributed by atoms with Crippen LogP contribution < -0.4 is 10.0 Å². The van der Waals surface area contributed by atoms with E-state index in [1.165, 1.54) is 6.20 Å². The molecule has 164 valence electrons. The van der Waals surface area contributed by atoms with Crippen LogP contribution in [0.15, 0.2) is 34.3 Å². The van der Waals surface area contributed by atoms with E-state index in [1.54, 1.807) is 0 Å². The lowest BCUT2D eigenvalue weighted by Crippen LogP contribution is -2.40. The highest BCUT2D eigenvalue weighted by Crippen LogP contribution is 2.35. The Morgan fingerprint density at radius 2 is 2.10 bits per heavy atom. The predicted molar refractivity (Wildman–Crippen MR) is 115 cm³/mol. The number of rotatable bonds is 8. The van der Waals surface area contributed by atoms with Gasteiger partial charge in [0.05, 0.1) is 28.6 Å². The molecule has 0 spiro atoms. The molecule has 1 aromatic heterocycles. The predicted octanol–water partition coefficient (Wildman–Crippen LogP) is 2.65. The molecule has 0 saturated heterocycles. The summed E-state index contributed by atoms with van der Waals surface area (Å²) in [7, 11) is -4.09. The lowest BCUT2D eigenvalue weighted by atomic mass is 10.1. The second-order valence-electron chi connectivity index (χ2n) is 7.96. The van der Waals surface area contributed by atoms with Crippen molar-refractivity contribution in [1.82, 2.24) is 14.6 Å². The van der Waals surface area contributed by atoms with Crippen molar-refractivity contribution in [2.24, 2.45) is 10.9 Å².